The van der Waals surface area contributed by atoms with Crippen LogP contribution in [0.4, 0.5) is 0 Å². The van der Waals surface area contributed by atoms with Crippen molar-refractivity contribution in [3.63, 3.8) is 0 Å². The summed E-state index contributed by atoms with van der Waals surface area (Å²) in [6, 6.07) is 0. The van der Waals surface area contributed by atoms with Crippen molar-refractivity contribution in [1.82, 2.24) is 15.0 Å². The third kappa shape index (κ3) is 1.98. The predicted octanol–water partition coefficient (Wildman–Crippen LogP) is 0.730. The third-order valence-electron chi connectivity index (χ3n) is 2.43. The molecule has 1 atom stereocenters. The number of aliphatic hydroxyl groups excluding tert-OH is 1. The van der Waals surface area contributed by atoms with Crippen LogP contribution in [0, 0.1) is 0 Å². The Labute approximate surface area is 87.4 Å². The molecule has 0 fully saturated rings. The van der Waals surface area contributed by atoms with E-state index in [4.69, 9.17) is 5.73 Å². The van der Waals surface area contributed by atoms with Crippen LogP contribution < -0.4 is 5.73 Å². The Kier molecular flexibility index (Phi) is 2.94. The fraction of sp³-hybridized carbons (Fsp3) is 0.400. The van der Waals surface area contributed by atoms with E-state index < -0.39 is 6.10 Å². The van der Waals surface area contributed by atoms with Crippen LogP contribution in [0.1, 0.15) is 24.5 Å². The lowest BCUT2D eigenvalue weighted by Gasteiger charge is -2.07. The number of fused-ring (bicyclic) bond motifs is 1. The Hall–Kier alpha value is -1.46. The minimum Gasteiger partial charge on any atom is -0.388 e. The van der Waals surface area contributed by atoms with Crippen LogP contribution >= 0.6 is 0 Å². The number of nitrogens with one attached hydrogen (secondary N) is 1. The molecule has 2 rings (SSSR count). The van der Waals surface area contributed by atoms with Crippen molar-refractivity contribution in [2.75, 3.05) is 6.54 Å². The zero-order valence-electron chi connectivity index (χ0n) is 8.35. The van der Waals surface area contributed by atoms with Crippen LogP contribution in [-0.4, -0.2) is 26.6 Å². The summed E-state index contributed by atoms with van der Waals surface area (Å²) < 4.78 is 0. The van der Waals surface area contributed by atoms with Gasteiger partial charge in [-0.1, -0.05) is 0 Å². The molecule has 0 saturated carbocycles. The van der Waals surface area contributed by atoms with E-state index >= 15 is 0 Å². The van der Waals surface area contributed by atoms with Crippen LogP contribution in [0.5, 0.6) is 0 Å². The average molecular weight is 206 g/mol. The van der Waals surface area contributed by atoms with Crippen LogP contribution in [0.25, 0.3) is 11.0 Å². The van der Waals surface area contributed by atoms with Gasteiger partial charge in [0, 0.05) is 23.3 Å². The molecule has 0 amide bonds. The van der Waals surface area contributed by atoms with E-state index in [2.05, 4.69) is 15.0 Å². The topological polar surface area (TPSA) is 87.8 Å². The number of aromatic nitrogens is 3. The first-order chi connectivity index (χ1) is 7.33. The molecular weight excluding hydrogens is 192 g/mol. The van der Waals surface area contributed by atoms with Gasteiger partial charge in [-0.2, -0.15) is 0 Å². The lowest BCUT2D eigenvalue weighted by atomic mass is 10.1. The van der Waals surface area contributed by atoms with Crippen molar-refractivity contribution in [2.24, 2.45) is 5.73 Å². The Morgan fingerprint density at radius 1 is 1.53 bits per heavy atom. The fourth-order valence-corrected chi connectivity index (χ4v) is 1.62. The monoisotopic (exact) mass is 206 g/mol. The van der Waals surface area contributed by atoms with Gasteiger partial charge in [0.15, 0.2) is 0 Å². The standard InChI is InChI=1S/C10H14N4O/c11-3-1-2-9(15)7-5-13-10-8(7)4-12-6-14-10/h4-6,9,15H,1-3,11H2,(H,12,13,14). The molecule has 2 aromatic rings. The SMILES string of the molecule is NCCCC(O)c1c[nH]c2ncncc12. The molecule has 4 N–H and O–H groups in total. The Bertz CT molecular complexity index is 440. The summed E-state index contributed by atoms with van der Waals surface area (Å²) in [7, 11) is 0. The van der Waals surface area contributed by atoms with Gasteiger partial charge in [-0.25, -0.2) is 9.97 Å². The van der Waals surface area contributed by atoms with E-state index in [1.165, 1.54) is 6.33 Å². The first kappa shape index (κ1) is 10.1. The summed E-state index contributed by atoms with van der Waals surface area (Å²) in [6.45, 7) is 0.593. The van der Waals surface area contributed by atoms with E-state index in [-0.39, 0.29) is 0 Å². The molecule has 0 aromatic carbocycles. The number of rotatable bonds is 4. The van der Waals surface area contributed by atoms with E-state index in [0.29, 0.717) is 13.0 Å². The van der Waals surface area contributed by atoms with Gasteiger partial charge in [-0.3, -0.25) is 0 Å². The second kappa shape index (κ2) is 4.37. The maximum absolute atomic E-state index is 9.91. The highest BCUT2D eigenvalue weighted by molar-refractivity contribution is 5.78. The fourth-order valence-electron chi connectivity index (χ4n) is 1.62. The van der Waals surface area contributed by atoms with Crippen LogP contribution in [0.15, 0.2) is 18.7 Å². The van der Waals surface area contributed by atoms with Crippen LogP contribution in [-0.2, 0) is 0 Å². The highest BCUT2D eigenvalue weighted by Crippen LogP contribution is 2.24. The van der Waals surface area contributed by atoms with E-state index in [1.54, 1.807) is 12.4 Å². The van der Waals surface area contributed by atoms with Crippen molar-refractivity contribution in [2.45, 2.75) is 18.9 Å². The van der Waals surface area contributed by atoms with E-state index in [0.717, 1.165) is 23.0 Å². The van der Waals surface area contributed by atoms with Gasteiger partial charge in [0.05, 0.1) is 6.10 Å². The highest BCUT2D eigenvalue weighted by Gasteiger charge is 2.12. The lowest BCUT2D eigenvalue weighted by molar-refractivity contribution is 0.167. The summed E-state index contributed by atoms with van der Waals surface area (Å²) in [5.74, 6) is 0. The molecule has 0 bridgehead atoms. The van der Waals surface area contributed by atoms with Crippen LogP contribution in [0.2, 0.25) is 0 Å². The summed E-state index contributed by atoms with van der Waals surface area (Å²) in [5.41, 5.74) is 7.00. The van der Waals surface area contributed by atoms with Gasteiger partial charge >= 0.3 is 0 Å². The minimum atomic E-state index is -0.492. The van der Waals surface area contributed by atoms with Crippen molar-refractivity contribution in [3.8, 4) is 0 Å². The quantitative estimate of drug-likeness (QED) is 0.688. The van der Waals surface area contributed by atoms with Gasteiger partial charge in [-0.15, -0.1) is 0 Å². The number of nitrogens with zero attached hydrogens (tertiary/aromatic N) is 2. The largest absolute Gasteiger partial charge is 0.388 e. The molecule has 0 spiro atoms. The Morgan fingerprint density at radius 3 is 3.20 bits per heavy atom. The molecular formula is C10H14N4O. The molecule has 5 nitrogen and oxygen atoms in total. The minimum absolute atomic E-state index is 0.492. The number of aromatic amines is 1. The van der Waals surface area contributed by atoms with E-state index in [9.17, 15) is 5.11 Å². The van der Waals surface area contributed by atoms with Gasteiger partial charge in [-0.05, 0) is 19.4 Å². The summed E-state index contributed by atoms with van der Waals surface area (Å²) in [4.78, 5) is 11.0. The van der Waals surface area contributed by atoms with Crippen molar-refractivity contribution in [3.05, 3.63) is 24.3 Å². The zero-order chi connectivity index (χ0) is 10.7. The smallest absolute Gasteiger partial charge is 0.141 e. The van der Waals surface area contributed by atoms with Crippen LogP contribution in [0.3, 0.4) is 0 Å². The average Bonchev–Trinajstić information content (AvgIpc) is 2.69. The van der Waals surface area contributed by atoms with Gasteiger partial charge in [0.2, 0.25) is 0 Å². The second-order valence-electron chi connectivity index (χ2n) is 3.48. The number of hydrogen-bond acceptors (Lipinski definition) is 4. The molecule has 0 radical (unpaired) electrons. The number of hydrogen-bond donors (Lipinski definition) is 3. The van der Waals surface area contributed by atoms with Gasteiger partial charge in [0.25, 0.3) is 0 Å². The summed E-state index contributed by atoms with van der Waals surface area (Å²) in [6.07, 6.45) is 5.95. The van der Waals surface area contributed by atoms with Gasteiger partial charge < -0.3 is 15.8 Å². The maximum atomic E-state index is 9.91. The normalized spacial score (nSPS) is 13.2. The van der Waals surface area contributed by atoms with E-state index in [1.807, 2.05) is 0 Å². The first-order valence-corrected chi connectivity index (χ1v) is 4.98. The number of nitrogens with two attached hydrogens (primary N) is 1. The Morgan fingerprint density at radius 2 is 2.40 bits per heavy atom. The molecule has 1 unspecified atom stereocenters. The van der Waals surface area contributed by atoms with Crippen molar-refractivity contribution in [1.29, 1.82) is 0 Å². The molecule has 0 saturated heterocycles. The molecule has 2 aromatic heterocycles. The second-order valence-corrected chi connectivity index (χ2v) is 3.48. The molecule has 80 valence electrons. The predicted molar refractivity (Wildman–Crippen MR) is 57.1 cm³/mol. The first-order valence-electron chi connectivity index (χ1n) is 4.98. The van der Waals surface area contributed by atoms with Gasteiger partial charge in [0.1, 0.15) is 12.0 Å². The third-order valence-corrected chi connectivity index (χ3v) is 2.43. The summed E-state index contributed by atoms with van der Waals surface area (Å²) in [5, 5.41) is 10.8. The van der Waals surface area contributed by atoms with Crippen molar-refractivity contribution >= 4 is 11.0 Å². The maximum Gasteiger partial charge on any atom is 0.141 e. The molecule has 5 heteroatoms. The number of aliphatic hydroxyl groups is 1. The molecule has 2 heterocycles. The Balaban J connectivity index is 2.27. The summed E-state index contributed by atoms with van der Waals surface area (Å²) >= 11 is 0. The lowest BCUT2D eigenvalue weighted by Crippen LogP contribution is -2.03. The molecule has 0 aliphatic carbocycles. The zero-order valence-corrected chi connectivity index (χ0v) is 8.35. The highest BCUT2D eigenvalue weighted by atomic mass is 16.3. The van der Waals surface area contributed by atoms with Crippen molar-refractivity contribution < 1.29 is 5.11 Å². The molecule has 0 aliphatic heterocycles. The molecule has 0 aliphatic rings. The number of H-pyrrole nitrogens is 1. The molecule has 15 heavy (non-hydrogen) atoms.